The van der Waals surface area contributed by atoms with E-state index in [1.54, 1.807) is 0 Å². The largest absolute Gasteiger partial charge is 0.481 e. The van der Waals surface area contributed by atoms with Gasteiger partial charge in [-0.15, -0.1) is 0 Å². The van der Waals surface area contributed by atoms with Crippen molar-refractivity contribution < 1.29 is 20.2 Å². The molecule has 0 rings (SSSR count). The van der Waals surface area contributed by atoms with Crippen LogP contribution in [0.1, 0.15) is 25.7 Å². The molecule has 72 valence electrons. The van der Waals surface area contributed by atoms with Gasteiger partial charge in [0.25, 0.3) is 0 Å². The van der Waals surface area contributed by atoms with Crippen molar-refractivity contribution in [3.8, 4) is 0 Å². The molecule has 0 aliphatic carbocycles. The fourth-order valence-electron chi connectivity index (χ4n) is 0.634. The predicted octanol–water partition coefficient (Wildman–Crippen LogP) is -1.20. The number of carbonyl (C=O) groups is 2. The Hall–Kier alpha value is -1.14. The van der Waals surface area contributed by atoms with E-state index in [-0.39, 0.29) is 17.8 Å². The van der Waals surface area contributed by atoms with Crippen molar-refractivity contribution in [1.29, 1.82) is 0 Å². The van der Waals surface area contributed by atoms with Gasteiger partial charge in [-0.05, 0) is 12.8 Å². The summed E-state index contributed by atoms with van der Waals surface area (Å²) in [5.41, 5.74) is 1.97. The maximum Gasteiger partial charge on any atom is 0.303 e. The summed E-state index contributed by atoms with van der Waals surface area (Å²) in [5, 5.41) is 8.21. The number of carboxylic acids is 1. The van der Waals surface area contributed by atoms with Gasteiger partial charge < -0.3 is 10.6 Å². The average Bonchev–Trinajstić information content (AvgIpc) is 1.97. The van der Waals surface area contributed by atoms with Crippen LogP contribution in [0.3, 0.4) is 0 Å². The van der Waals surface area contributed by atoms with Gasteiger partial charge in [-0.1, -0.05) is 0 Å². The number of hydrazine groups is 1. The number of nitrogens with two attached hydrogens (primary N) is 1. The highest BCUT2D eigenvalue weighted by Crippen LogP contribution is 1.98. The topological polar surface area (TPSA) is 124 Å². The van der Waals surface area contributed by atoms with E-state index in [0.717, 1.165) is 0 Å². The van der Waals surface area contributed by atoms with E-state index in [1.165, 1.54) is 0 Å². The maximum absolute atomic E-state index is 10.5. The first-order chi connectivity index (χ1) is 5.16. The highest BCUT2D eigenvalue weighted by Gasteiger charge is 1.99. The Morgan fingerprint density at radius 1 is 1.25 bits per heavy atom. The lowest BCUT2D eigenvalue weighted by molar-refractivity contribution is -0.137. The van der Waals surface area contributed by atoms with Crippen LogP contribution in [0.4, 0.5) is 0 Å². The second-order valence-electron chi connectivity index (χ2n) is 2.17. The lowest BCUT2D eigenvalue weighted by Crippen LogP contribution is -2.29. The zero-order valence-electron chi connectivity index (χ0n) is 6.67. The number of unbranched alkanes of at least 4 members (excludes halogenated alkanes) is 1. The third-order valence-electron chi connectivity index (χ3n) is 1.21. The summed E-state index contributed by atoms with van der Waals surface area (Å²) in [6, 6.07) is 0. The Bertz CT molecular complexity index is 148. The number of hydrogen-bond acceptors (Lipinski definition) is 3. The van der Waals surface area contributed by atoms with Crippen LogP contribution >= 0.6 is 0 Å². The Morgan fingerprint density at radius 2 is 1.75 bits per heavy atom. The molecule has 6 heteroatoms. The van der Waals surface area contributed by atoms with E-state index in [0.29, 0.717) is 19.3 Å². The molecule has 6 nitrogen and oxygen atoms in total. The Labute approximate surface area is 70.0 Å². The fraction of sp³-hybridized carbons (Fsp3) is 0.667. The van der Waals surface area contributed by atoms with Crippen molar-refractivity contribution in [3.05, 3.63) is 0 Å². The number of carboxylic acid groups (broad SMARTS) is 1. The molecule has 0 fully saturated rings. The molecule has 0 saturated heterocycles. The smallest absolute Gasteiger partial charge is 0.303 e. The normalized spacial score (nSPS) is 8.42. The van der Waals surface area contributed by atoms with E-state index in [9.17, 15) is 9.59 Å². The molecule has 0 aromatic rings. The highest BCUT2D eigenvalue weighted by molar-refractivity contribution is 5.75. The van der Waals surface area contributed by atoms with Gasteiger partial charge in [0.05, 0.1) is 0 Å². The van der Waals surface area contributed by atoms with Gasteiger partial charge in [0.2, 0.25) is 5.91 Å². The van der Waals surface area contributed by atoms with E-state index >= 15 is 0 Å². The van der Waals surface area contributed by atoms with Crippen LogP contribution < -0.4 is 11.3 Å². The van der Waals surface area contributed by atoms with Crippen molar-refractivity contribution in [2.75, 3.05) is 0 Å². The number of amides is 1. The predicted molar refractivity (Wildman–Crippen MR) is 42.0 cm³/mol. The summed E-state index contributed by atoms with van der Waals surface area (Å²) < 4.78 is 0. The third kappa shape index (κ3) is 8.86. The molecule has 0 bridgehead atoms. The molecular formula is C6H14N2O4. The standard InChI is InChI=1S/C6H12N2O3.H2O/c7-8-5(9)3-1-2-4-6(10)11;/h1-4,7H2,(H,8,9)(H,10,11);1H2. The molecule has 0 atom stereocenters. The van der Waals surface area contributed by atoms with E-state index in [2.05, 4.69) is 0 Å². The van der Waals surface area contributed by atoms with Crippen LogP contribution in [0.2, 0.25) is 0 Å². The summed E-state index contributed by atoms with van der Waals surface area (Å²) >= 11 is 0. The minimum absolute atomic E-state index is 0. The SMILES string of the molecule is NNC(=O)CCCCC(=O)O.O. The molecule has 0 heterocycles. The van der Waals surface area contributed by atoms with E-state index in [4.69, 9.17) is 10.9 Å². The second kappa shape index (κ2) is 7.96. The summed E-state index contributed by atoms with van der Waals surface area (Å²) in [7, 11) is 0. The van der Waals surface area contributed by atoms with Crippen molar-refractivity contribution in [2.24, 2.45) is 5.84 Å². The zero-order valence-corrected chi connectivity index (χ0v) is 6.67. The molecule has 12 heavy (non-hydrogen) atoms. The number of rotatable bonds is 5. The van der Waals surface area contributed by atoms with E-state index in [1.807, 2.05) is 5.43 Å². The zero-order chi connectivity index (χ0) is 8.69. The number of aliphatic carboxylic acids is 1. The molecule has 1 amide bonds. The van der Waals surface area contributed by atoms with E-state index < -0.39 is 5.97 Å². The van der Waals surface area contributed by atoms with Gasteiger partial charge in [-0.3, -0.25) is 15.0 Å². The lowest BCUT2D eigenvalue weighted by atomic mass is 10.2. The molecular weight excluding hydrogens is 164 g/mol. The third-order valence-corrected chi connectivity index (χ3v) is 1.21. The van der Waals surface area contributed by atoms with Crippen LogP contribution in [0, 0.1) is 0 Å². The summed E-state index contributed by atoms with van der Waals surface area (Å²) in [4.78, 5) is 20.5. The number of nitrogens with one attached hydrogen (secondary N) is 1. The Morgan fingerprint density at radius 3 is 2.17 bits per heavy atom. The molecule has 0 radical (unpaired) electrons. The van der Waals surface area contributed by atoms with Gasteiger partial charge >= 0.3 is 5.97 Å². The number of hydrogen-bond donors (Lipinski definition) is 3. The highest BCUT2D eigenvalue weighted by atomic mass is 16.4. The van der Waals surface area contributed by atoms with Gasteiger partial charge in [0.1, 0.15) is 0 Å². The minimum Gasteiger partial charge on any atom is -0.481 e. The van der Waals surface area contributed by atoms with Crippen molar-refractivity contribution in [2.45, 2.75) is 25.7 Å². The van der Waals surface area contributed by atoms with Gasteiger partial charge in [-0.25, -0.2) is 5.84 Å². The van der Waals surface area contributed by atoms with Crippen LogP contribution in [-0.2, 0) is 9.59 Å². The molecule has 0 saturated carbocycles. The minimum atomic E-state index is -0.835. The maximum atomic E-state index is 10.5. The Kier molecular flexibility index (Phi) is 8.92. The first-order valence-corrected chi connectivity index (χ1v) is 3.38. The van der Waals surface area contributed by atoms with Gasteiger partial charge in [0.15, 0.2) is 0 Å². The quantitative estimate of drug-likeness (QED) is 0.211. The number of carbonyl (C=O) groups excluding carboxylic acids is 1. The lowest BCUT2D eigenvalue weighted by Gasteiger charge is -1.96. The molecule has 6 N–H and O–H groups in total. The monoisotopic (exact) mass is 178 g/mol. The van der Waals surface area contributed by atoms with Crippen molar-refractivity contribution in [1.82, 2.24) is 5.43 Å². The van der Waals surface area contributed by atoms with Crippen molar-refractivity contribution in [3.63, 3.8) is 0 Å². The summed E-state index contributed by atoms with van der Waals surface area (Å²) in [6.07, 6.45) is 1.49. The van der Waals surface area contributed by atoms with Gasteiger partial charge in [-0.2, -0.15) is 0 Å². The summed E-state index contributed by atoms with van der Waals surface area (Å²) in [6.45, 7) is 0. The molecule has 0 unspecified atom stereocenters. The molecule has 0 spiro atoms. The molecule has 0 aromatic carbocycles. The van der Waals surface area contributed by atoms with Crippen LogP contribution in [0.15, 0.2) is 0 Å². The Balaban J connectivity index is 0. The first-order valence-electron chi connectivity index (χ1n) is 3.38. The first kappa shape index (κ1) is 13.4. The molecule has 0 aliphatic heterocycles. The van der Waals surface area contributed by atoms with Crippen LogP contribution in [0.5, 0.6) is 0 Å². The summed E-state index contributed by atoms with van der Waals surface area (Å²) in [5.74, 6) is 3.71. The second-order valence-corrected chi connectivity index (χ2v) is 2.17. The molecule has 0 aromatic heterocycles. The van der Waals surface area contributed by atoms with Crippen LogP contribution in [-0.4, -0.2) is 22.5 Å². The fourth-order valence-corrected chi connectivity index (χ4v) is 0.634. The van der Waals surface area contributed by atoms with Crippen molar-refractivity contribution >= 4 is 11.9 Å². The molecule has 0 aliphatic rings. The van der Waals surface area contributed by atoms with Gasteiger partial charge in [0, 0.05) is 12.8 Å². The average molecular weight is 178 g/mol. The van der Waals surface area contributed by atoms with Crippen LogP contribution in [0.25, 0.3) is 0 Å².